The number of nitrogen functional groups attached to an aromatic ring is 1. The topological polar surface area (TPSA) is 88.5 Å². The van der Waals surface area contributed by atoms with Gasteiger partial charge in [-0.15, -0.1) is 0 Å². The number of aromatic nitrogens is 2. The van der Waals surface area contributed by atoms with E-state index >= 15 is 0 Å². The molecule has 0 aliphatic carbocycles. The summed E-state index contributed by atoms with van der Waals surface area (Å²) in [6.45, 7) is 9.82. The van der Waals surface area contributed by atoms with Crippen molar-refractivity contribution in [2.75, 3.05) is 18.1 Å². The fourth-order valence-corrected chi connectivity index (χ4v) is 1.96. The molecule has 0 saturated carbocycles. The van der Waals surface area contributed by atoms with Crippen molar-refractivity contribution >= 4 is 35.7 Å². The Bertz CT molecular complexity index is 726. The molecule has 6 nitrogen and oxygen atoms in total. The zero-order valence-corrected chi connectivity index (χ0v) is 14.0. The molecule has 0 amide bonds. The highest BCUT2D eigenvalue weighted by molar-refractivity contribution is 5.85. The standard InChI is InChI=1S/C17H22N6/c1-17(2,3)16-10-21-11(9-23-16)8-22-13-7-15(20-5)14(19-4)6-12(13)18/h6-10,20H,4,18H2,1-3,5H3. The summed E-state index contributed by atoms with van der Waals surface area (Å²) in [5, 5.41) is 3.05. The fraction of sp³-hybridized carbons (Fsp3) is 0.294. The molecule has 2 aromatic rings. The van der Waals surface area contributed by atoms with E-state index in [0.717, 1.165) is 11.4 Å². The van der Waals surface area contributed by atoms with E-state index in [4.69, 9.17) is 5.73 Å². The van der Waals surface area contributed by atoms with Crippen LogP contribution in [0.15, 0.2) is 34.5 Å². The lowest BCUT2D eigenvalue weighted by molar-refractivity contribution is 0.565. The molecule has 0 fully saturated rings. The molecule has 0 spiro atoms. The van der Waals surface area contributed by atoms with Crippen molar-refractivity contribution in [2.45, 2.75) is 26.2 Å². The van der Waals surface area contributed by atoms with Crippen LogP contribution in [0.3, 0.4) is 0 Å². The number of anilines is 2. The van der Waals surface area contributed by atoms with Gasteiger partial charge in [0.15, 0.2) is 0 Å². The van der Waals surface area contributed by atoms with Crippen molar-refractivity contribution in [3.63, 3.8) is 0 Å². The number of rotatable bonds is 4. The SMILES string of the molecule is C=Nc1cc(N)c(N=Cc2cnc(C(C)(C)C)cn2)cc1NC. The van der Waals surface area contributed by atoms with Gasteiger partial charge in [0.2, 0.25) is 0 Å². The van der Waals surface area contributed by atoms with Crippen LogP contribution < -0.4 is 11.1 Å². The molecule has 3 N–H and O–H groups in total. The predicted molar refractivity (Wildman–Crippen MR) is 97.6 cm³/mol. The Morgan fingerprint density at radius 1 is 1.17 bits per heavy atom. The van der Waals surface area contributed by atoms with E-state index in [0.29, 0.717) is 22.8 Å². The monoisotopic (exact) mass is 310 g/mol. The Morgan fingerprint density at radius 3 is 2.43 bits per heavy atom. The van der Waals surface area contributed by atoms with Gasteiger partial charge in [0, 0.05) is 18.7 Å². The van der Waals surface area contributed by atoms with Crippen molar-refractivity contribution in [3.05, 3.63) is 35.9 Å². The summed E-state index contributed by atoms with van der Waals surface area (Å²) in [7, 11) is 1.81. The van der Waals surface area contributed by atoms with Crippen LogP contribution in [0, 0.1) is 0 Å². The highest BCUT2D eigenvalue weighted by Crippen LogP contribution is 2.34. The quantitative estimate of drug-likeness (QED) is 0.668. The third-order valence-electron chi connectivity index (χ3n) is 3.36. The molecule has 0 atom stereocenters. The first kappa shape index (κ1) is 16.6. The maximum absolute atomic E-state index is 6.00. The zero-order chi connectivity index (χ0) is 17.0. The van der Waals surface area contributed by atoms with E-state index in [9.17, 15) is 0 Å². The minimum atomic E-state index is -0.0255. The van der Waals surface area contributed by atoms with Gasteiger partial charge in [0.05, 0.1) is 46.5 Å². The molecule has 1 aromatic heterocycles. The number of benzene rings is 1. The molecule has 0 aliphatic rings. The van der Waals surface area contributed by atoms with Crippen LogP contribution in [0.4, 0.5) is 22.7 Å². The third-order valence-corrected chi connectivity index (χ3v) is 3.36. The van der Waals surface area contributed by atoms with E-state index < -0.39 is 0 Å². The van der Waals surface area contributed by atoms with Crippen molar-refractivity contribution in [1.29, 1.82) is 0 Å². The van der Waals surface area contributed by atoms with Crippen LogP contribution in [0.1, 0.15) is 32.2 Å². The Morgan fingerprint density at radius 2 is 1.91 bits per heavy atom. The van der Waals surface area contributed by atoms with Gasteiger partial charge >= 0.3 is 0 Å². The van der Waals surface area contributed by atoms with Crippen LogP contribution in [-0.4, -0.2) is 29.9 Å². The lowest BCUT2D eigenvalue weighted by Gasteiger charge is -2.16. The van der Waals surface area contributed by atoms with Crippen LogP contribution in [-0.2, 0) is 5.41 Å². The van der Waals surface area contributed by atoms with E-state index in [1.54, 1.807) is 24.7 Å². The maximum atomic E-state index is 6.00. The molecule has 0 unspecified atom stereocenters. The molecule has 23 heavy (non-hydrogen) atoms. The van der Waals surface area contributed by atoms with Gasteiger partial charge in [-0.3, -0.25) is 20.0 Å². The first-order valence-corrected chi connectivity index (χ1v) is 7.29. The summed E-state index contributed by atoms with van der Waals surface area (Å²) >= 11 is 0. The molecule has 1 aromatic carbocycles. The first-order chi connectivity index (χ1) is 10.8. The Kier molecular flexibility index (Phi) is 4.74. The first-order valence-electron chi connectivity index (χ1n) is 7.29. The van der Waals surface area contributed by atoms with E-state index in [2.05, 4.69) is 52.8 Å². The number of nitrogens with one attached hydrogen (secondary N) is 1. The van der Waals surface area contributed by atoms with Gasteiger partial charge in [-0.25, -0.2) is 0 Å². The van der Waals surface area contributed by atoms with Crippen molar-refractivity contribution in [1.82, 2.24) is 9.97 Å². The Labute approximate surface area is 136 Å². The smallest absolute Gasteiger partial charge is 0.0995 e. The molecule has 6 heteroatoms. The highest BCUT2D eigenvalue weighted by Gasteiger charge is 2.15. The number of aliphatic imine (C=N–C) groups is 2. The second kappa shape index (κ2) is 6.56. The summed E-state index contributed by atoms with van der Waals surface area (Å²) in [4.78, 5) is 17.1. The van der Waals surface area contributed by atoms with E-state index in [-0.39, 0.29) is 5.41 Å². The molecule has 0 radical (unpaired) electrons. The molecule has 0 bridgehead atoms. The summed E-state index contributed by atoms with van der Waals surface area (Å²) in [5.41, 5.74) is 10.3. The average molecular weight is 310 g/mol. The minimum absolute atomic E-state index is 0.0255. The Balaban J connectivity index is 2.28. The van der Waals surface area contributed by atoms with Gasteiger partial charge in [-0.1, -0.05) is 20.8 Å². The number of nitrogens with zero attached hydrogens (tertiary/aromatic N) is 4. The van der Waals surface area contributed by atoms with Crippen molar-refractivity contribution in [2.24, 2.45) is 9.98 Å². The molecule has 2 rings (SSSR count). The summed E-state index contributed by atoms with van der Waals surface area (Å²) in [5.74, 6) is 0. The fourth-order valence-electron chi connectivity index (χ4n) is 1.96. The molecule has 0 saturated heterocycles. The molecular weight excluding hydrogens is 288 g/mol. The van der Waals surface area contributed by atoms with Crippen LogP contribution in [0.5, 0.6) is 0 Å². The summed E-state index contributed by atoms with van der Waals surface area (Å²) < 4.78 is 0. The molecule has 120 valence electrons. The number of hydrogen-bond acceptors (Lipinski definition) is 6. The summed E-state index contributed by atoms with van der Waals surface area (Å²) in [6.07, 6.45) is 5.12. The zero-order valence-electron chi connectivity index (χ0n) is 14.0. The molecule has 0 aliphatic heterocycles. The predicted octanol–water partition coefficient (Wildman–Crippen LogP) is 3.48. The Hall–Kier alpha value is -2.76. The summed E-state index contributed by atoms with van der Waals surface area (Å²) in [6, 6.07) is 3.56. The maximum Gasteiger partial charge on any atom is 0.0995 e. The second-order valence-corrected chi connectivity index (χ2v) is 6.17. The van der Waals surface area contributed by atoms with E-state index in [1.807, 2.05) is 13.1 Å². The van der Waals surface area contributed by atoms with Crippen LogP contribution in [0.2, 0.25) is 0 Å². The largest absolute Gasteiger partial charge is 0.397 e. The normalized spacial score (nSPS) is 11.7. The highest BCUT2D eigenvalue weighted by atomic mass is 14.9. The van der Waals surface area contributed by atoms with Crippen molar-refractivity contribution < 1.29 is 0 Å². The van der Waals surface area contributed by atoms with Crippen LogP contribution >= 0.6 is 0 Å². The van der Waals surface area contributed by atoms with Crippen molar-refractivity contribution in [3.8, 4) is 0 Å². The van der Waals surface area contributed by atoms with Gasteiger partial charge in [0.1, 0.15) is 0 Å². The van der Waals surface area contributed by atoms with Gasteiger partial charge in [-0.05, 0) is 18.9 Å². The molecule has 1 heterocycles. The van der Waals surface area contributed by atoms with E-state index in [1.165, 1.54) is 0 Å². The van der Waals surface area contributed by atoms with Gasteiger partial charge in [-0.2, -0.15) is 0 Å². The van der Waals surface area contributed by atoms with Gasteiger partial charge < -0.3 is 11.1 Å². The third kappa shape index (κ3) is 3.91. The van der Waals surface area contributed by atoms with Gasteiger partial charge in [0.25, 0.3) is 0 Å². The van der Waals surface area contributed by atoms with Crippen LogP contribution in [0.25, 0.3) is 0 Å². The minimum Gasteiger partial charge on any atom is -0.397 e. The number of nitrogens with two attached hydrogens (primary N) is 1. The molecular formula is C17H22N6. The second-order valence-electron chi connectivity index (χ2n) is 6.17. The number of hydrogen-bond donors (Lipinski definition) is 2. The lowest BCUT2D eigenvalue weighted by atomic mass is 9.93. The average Bonchev–Trinajstić information content (AvgIpc) is 2.53. The lowest BCUT2D eigenvalue weighted by Crippen LogP contribution is -2.14.